The molecule has 1 amide bonds. The Bertz CT molecular complexity index is 482. The van der Waals surface area contributed by atoms with E-state index in [1.807, 2.05) is 33.8 Å². The number of nitrogens with two attached hydrogens (primary N) is 1. The first kappa shape index (κ1) is 16.5. The van der Waals surface area contributed by atoms with Crippen LogP contribution < -0.4 is 15.8 Å². The van der Waals surface area contributed by atoms with Crippen molar-refractivity contribution >= 4 is 5.91 Å². The summed E-state index contributed by atoms with van der Waals surface area (Å²) in [7, 11) is 0. The van der Waals surface area contributed by atoms with Crippen LogP contribution >= 0.6 is 0 Å². The molecule has 1 aromatic carbocycles. The third-order valence-corrected chi connectivity index (χ3v) is 3.34. The van der Waals surface area contributed by atoms with Crippen LogP contribution in [0.3, 0.4) is 0 Å². The maximum atomic E-state index is 11.8. The van der Waals surface area contributed by atoms with Crippen molar-refractivity contribution in [3.05, 3.63) is 28.8 Å². The fourth-order valence-corrected chi connectivity index (χ4v) is 1.90. The SMILES string of the molecule is Cc1cc(C)c(C)c(OCCC(=O)NC(C)(C)CN)c1. The molecule has 0 saturated carbocycles. The molecule has 0 heterocycles. The zero-order chi connectivity index (χ0) is 15.3. The second-order valence-corrected chi connectivity index (χ2v) is 5.94. The molecule has 0 aliphatic carbocycles. The highest BCUT2D eigenvalue weighted by atomic mass is 16.5. The Balaban J connectivity index is 2.51. The predicted octanol–water partition coefficient (Wildman–Crippen LogP) is 2.23. The summed E-state index contributed by atoms with van der Waals surface area (Å²) in [6, 6.07) is 4.13. The number of hydrogen-bond donors (Lipinski definition) is 2. The van der Waals surface area contributed by atoms with E-state index in [1.165, 1.54) is 5.56 Å². The van der Waals surface area contributed by atoms with Crippen LogP contribution in [0, 0.1) is 20.8 Å². The molecule has 0 fully saturated rings. The number of rotatable bonds is 6. The van der Waals surface area contributed by atoms with Crippen LogP contribution in [-0.4, -0.2) is 24.6 Å². The second-order valence-electron chi connectivity index (χ2n) is 5.94. The van der Waals surface area contributed by atoms with Gasteiger partial charge in [-0.1, -0.05) is 6.07 Å². The molecule has 0 aliphatic heterocycles. The summed E-state index contributed by atoms with van der Waals surface area (Å²) in [6.07, 6.45) is 0.329. The van der Waals surface area contributed by atoms with E-state index in [1.54, 1.807) is 0 Å². The average Bonchev–Trinajstić information content (AvgIpc) is 2.34. The predicted molar refractivity (Wildman–Crippen MR) is 82.0 cm³/mol. The monoisotopic (exact) mass is 278 g/mol. The van der Waals surface area contributed by atoms with Gasteiger partial charge >= 0.3 is 0 Å². The first-order chi connectivity index (χ1) is 9.25. The van der Waals surface area contributed by atoms with E-state index in [0.717, 1.165) is 16.9 Å². The van der Waals surface area contributed by atoms with Gasteiger partial charge in [0.05, 0.1) is 13.0 Å². The Morgan fingerprint density at radius 2 is 1.95 bits per heavy atom. The fraction of sp³-hybridized carbons (Fsp3) is 0.562. The summed E-state index contributed by atoms with van der Waals surface area (Å²) in [5.41, 5.74) is 8.70. The van der Waals surface area contributed by atoms with E-state index in [4.69, 9.17) is 10.5 Å². The van der Waals surface area contributed by atoms with E-state index in [0.29, 0.717) is 19.6 Å². The summed E-state index contributed by atoms with van der Waals surface area (Å²) in [5, 5.41) is 2.89. The van der Waals surface area contributed by atoms with Crippen LogP contribution in [0.15, 0.2) is 12.1 Å². The lowest BCUT2D eigenvalue weighted by molar-refractivity contribution is -0.123. The van der Waals surface area contributed by atoms with Gasteiger partial charge in [-0.3, -0.25) is 4.79 Å². The molecule has 0 saturated heterocycles. The van der Waals surface area contributed by atoms with E-state index in [9.17, 15) is 4.79 Å². The molecule has 3 N–H and O–H groups in total. The second kappa shape index (κ2) is 6.75. The van der Waals surface area contributed by atoms with Crippen molar-refractivity contribution in [2.45, 2.75) is 46.6 Å². The lowest BCUT2D eigenvalue weighted by atomic mass is 10.1. The van der Waals surface area contributed by atoms with Gasteiger partial charge < -0.3 is 15.8 Å². The van der Waals surface area contributed by atoms with Crippen molar-refractivity contribution in [1.82, 2.24) is 5.32 Å². The molecule has 1 rings (SSSR count). The number of amides is 1. The van der Waals surface area contributed by atoms with Crippen molar-refractivity contribution in [3.63, 3.8) is 0 Å². The zero-order valence-electron chi connectivity index (χ0n) is 13.2. The molecule has 0 aromatic heterocycles. The van der Waals surface area contributed by atoms with Gasteiger partial charge in [-0.15, -0.1) is 0 Å². The molecular weight excluding hydrogens is 252 g/mol. The number of carbonyl (C=O) groups is 1. The summed E-state index contributed by atoms with van der Waals surface area (Å²) >= 11 is 0. The largest absolute Gasteiger partial charge is 0.493 e. The average molecular weight is 278 g/mol. The minimum Gasteiger partial charge on any atom is -0.493 e. The quantitative estimate of drug-likeness (QED) is 0.838. The summed E-state index contributed by atoms with van der Waals surface area (Å²) in [5.74, 6) is 0.816. The number of hydrogen-bond acceptors (Lipinski definition) is 3. The van der Waals surface area contributed by atoms with Crippen LogP contribution in [-0.2, 0) is 4.79 Å². The number of nitrogens with one attached hydrogen (secondary N) is 1. The van der Waals surface area contributed by atoms with Crippen LogP contribution in [0.2, 0.25) is 0 Å². The van der Waals surface area contributed by atoms with Gasteiger partial charge in [-0.05, 0) is 57.4 Å². The Kier molecular flexibility index (Phi) is 5.57. The van der Waals surface area contributed by atoms with Gasteiger partial charge in [0, 0.05) is 12.1 Å². The molecule has 0 bridgehead atoms. The minimum atomic E-state index is -0.368. The van der Waals surface area contributed by atoms with E-state index in [-0.39, 0.29) is 11.4 Å². The van der Waals surface area contributed by atoms with Gasteiger partial charge in [0.25, 0.3) is 0 Å². The smallest absolute Gasteiger partial charge is 0.223 e. The number of aryl methyl sites for hydroxylation is 2. The summed E-state index contributed by atoms with van der Waals surface area (Å²) < 4.78 is 5.73. The lowest BCUT2D eigenvalue weighted by Crippen LogP contribution is -2.49. The Morgan fingerprint density at radius 3 is 2.55 bits per heavy atom. The molecule has 4 nitrogen and oxygen atoms in total. The van der Waals surface area contributed by atoms with E-state index < -0.39 is 0 Å². The zero-order valence-corrected chi connectivity index (χ0v) is 13.2. The number of benzene rings is 1. The first-order valence-corrected chi connectivity index (χ1v) is 6.97. The molecule has 0 radical (unpaired) electrons. The number of ether oxygens (including phenoxy) is 1. The molecule has 20 heavy (non-hydrogen) atoms. The maximum Gasteiger partial charge on any atom is 0.223 e. The van der Waals surface area contributed by atoms with Gasteiger partial charge in [0.15, 0.2) is 0 Å². The fourth-order valence-electron chi connectivity index (χ4n) is 1.90. The highest BCUT2D eigenvalue weighted by molar-refractivity contribution is 5.76. The molecule has 112 valence electrons. The van der Waals surface area contributed by atoms with Gasteiger partial charge in [-0.25, -0.2) is 0 Å². The maximum absolute atomic E-state index is 11.8. The summed E-state index contributed by atoms with van der Waals surface area (Å²) in [4.78, 5) is 11.8. The van der Waals surface area contributed by atoms with Crippen LogP contribution in [0.1, 0.15) is 37.0 Å². The first-order valence-electron chi connectivity index (χ1n) is 6.97. The molecule has 4 heteroatoms. The van der Waals surface area contributed by atoms with Crippen molar-refractivity contribution < 1.29 is 9.53 Å². The molecule has 0 aliphatic rings. The minimum absolute atomic E-state index is 0.0394. The normalized spacial score (nSPS) is 11.3. The Morgan fingerprint density at radius 1 is 1.30 bits per heavy atom. The van der Waals surface area contributed by atoms with E-state index in [2.05, 4.69) is 18.3 Å². The molecular formula is C16H26N2O2. The van der Waals surface area contributed by atoms with Crippen molar-refractivity contribution in [2.75, 3.05) is 13.2 Å². The lowest BCUT2D eigenvalue weighted by Gasteiger charge is -2.24. The Labute approximate surface area is 121 Å². The molecule has 0 atom stereocenters. The van der Waals surface area contributed by atoms with Crippen molar-refractivity contribution in [3.8, 4) is 5.75 Å². The van der Waals surface area contributed by atoms with Crippen LogP contribution in [0.4, 0.5) is 0 Å². The third-order valence-electron chi connectivity index (χ3n) is 3.34. The highest BCUT2D eigenvalue weighted by Gasteiger charge is 2.17. The van der Waals surface area contributed by atoms with Gasteiger partial charge in [0.2, 0.25) is 5.91 Å². The molecule has 0 spiro atoms. The highest BCUT2D eigenvalue weighted by Crippen LogP contribution is 2.23. The Hall–Kier alpha value is -1.55. The van der Waals surface area contributed by atoms with Crippen LogP contribution in [0.25, 0.3) is 0 Å². The standard InChI is InChI=1S/C16H26N2O2/c1-11-8-12(2)13(3)14(9-11)20-7-6-15(19)18-16(4,5)10-17/h8-9H,6-7,10,17H2,1-5H3,(H,18,19). The van der Waals surface area contributed by atoms with Crippen molar-refractivity contribution in [2.24, 2.45) is 5.73 Å². The number of carbonyl (C=O) groups excluding carboxylic acids is 1. The summed E-state index contributed by atoms with van der Waals surface area (Å²) in [6.45, 7) is 10.7. The van der Waals surface area contributed by atoms with Gasteiger partial charge in [-0.2, -0.15) is 0 Å². The van der Waals surface area contributed by atoms with E-state index >= 15 is 0 Å². The topological polar surface area (TPSA) is 64.3 Å². The molecule has 0 unspecified atom stereocenters. The molecule has 1 aromatic rings. The third kappa shape index (κ3) is 4.85. The van der Waals surface area contributed by atoms with Crippen LogP contribution in [0.5, 0.6) is 5.75 Å². The van der Waals surface area contributed by atoms with Crippen molar-refractivity contribution in [1.29, 1.82) is 0 Å². The van der Waals surface area contributed by atoms with Gasteiger partial charge in [0.1, 0.15) is 5.75 Å².